The normalized spacial score (nSPS) is 19.1. The Kier molecular flexibility index (Phi) is 13.2. The van der Waals surface area contributed by atoms with E-state index in [1.165, 1.54) is 77.0 Å². The summed E-state index contributed by atoms with van der Waals surface area (Å²) in [5.41, 5.74) is 14.0. The minimum Gasteiger partial charge on any atom is -0.550 e. The molecule has 6 aromatic carbocycles. The molecule has 1 amide bonds. The Balaban J connectivity index is 0.000000154. The summed E-state index contributed by atoms with van der Waals surface area (Å²) in [6.07, 6.45) is 10.5. The van der Waals surface area contributed by atoms with Gasteiger partial charge >= 0.3 is 29.6 Å². The van der Waals surface area contributed by atoms with Gasteiger partial charge in [-0.15, -0.1) is 0 Å². The molecule has 0 bridgehead atoms. The van der Waals surface area contributed by atoms with Crippen LogP contribution in [0.2, 0.25) is 0 Å². The van der Waals surface area contributed by atoms with E-state index >= 15 is 0 Å². The average molecular weight is 947 g/mol. The molecule has 0 saturated carbocycles. The van der Waals surface area contributed by atoms with Crippen LogP contribution in [0.15, 0.2) is 158 Å². The second kappa shape index (κ2) is 19.9. The Bertz CT molecular complexity index is 3380. The van der Waals surface area contributed by atoms with Gasteiger partial charge in [0.25, 0.3) is 0 Å². The van der Waals surface area contributed by atoms with E-state index in [2.05, 4.69) is 157 Å². The summed E-state index contributed by atoms with van der Waals surface area (Å²) in [5, 5.41) is 19.5. The minimum atomic E-state index is -0.938. The van der Waals surface area contributed by atoms with E-state index in [0.29, 0.717) is 6.42 Å². The minimum absolute atomic E-state index is 0. The first-order valence-electron chi connectivity index (χ1n) is 25.3. The maximum Gasteiger partial charge on any atom is 1.00 e. The number of para-hydroxylation sites is 2. The summed E-state index contributed by atoms with van der Waals surface area (Å²) in [7, 11) is 0. The van der Waals surface area contributed by atoms with Crippen molar-refractivity contribution in [1.29, 1.82) is 0 Å². The maximum absolute atomic E-state index is 12.9. The quantitative estimate of drug-likeness (QED) is 0.126. The number of pyridine rings is 1. The molecule has 4 aliphatic rings. The van der Waals surface area contributed by atoms with E-state index in [1.807, 2.05) is 18.2 Å². The average Bonchev–Trinajstić information content (AvgIpc) is 4.11. The molecule has 2 atom stereocenters. The van der Waals surface area contributed by atoms with Gasteiger partial charge in [-0.2, -0.15) is 0 Å². The first-order chi connectivity index (χ1) is 34.3. The standard InChI is InChI=1S/C33H32N4O.C28H28N2O2.Na/c38-32(35-25-6-5-15-34-21-25)19-24-20-33(29-9-3-1-7-26(24)29)13-16-37(17-14-33)22-23-11-12-31-28(18-23)27-8-2-4-10-30(27)36-31;31-27(32)16-20-17-28(24-7-3-1-5-21(20)24)11-13-30(14-12-28)18-19-9-10-26-23(15-19)22-6-2-4-8-25(22)29-26;/h1-12,15,18,21,24,36H,13-14,16-17,19-20,22H2,(H,35,38);1-10,15,20,29H,11-14,16-18H2,(H,31,32);/q;;+1/p-1. The number of anilines is 1. The largest absolute Gasteiger partial charge is 1.00 e. The van der Waals surface area contributed by atoms with E-state index < -0.39 is 5.97 Å². The molecule has 71 heavy (non-hydrogen) atoms. The number of aromatic amines is 2. The number of nitrogens with zero attached hydrogens (tertiary/aromatic N) is 3. The van der Waals surface area contributed by atoms with E-state index in [0.717, 1.165) is 83.5 Å². The summed E-state index contributed by atoms with van der Waals surface area (Å²) in [6, 6.07) is 51.7. The van der Waals surface area contributed by atoms with Crippen molar-refractivity contribution in [2.75, 3.05) is 31.5 Å². The number of aliphatic carboxylic acids is 1. The van der Waals surface area contributed by atoms with Crippen molar-refractivity contribution in [2.45, 2.75) is 87.1 Å². The smallest absolute Gasteiger partial charge is 0.550 e. The summed E-state index contributed by atoms with van der Waals surface area (Å²) in [6.45, 7) is 6.17. The second-order valence-corrected chi connectivity index (χ2v) is 20.8. The van der Waals surface area contributed by atoms with Crippen LogP contribution >= 0.6 is 0 Å². The molecule has 2 aliphatic heterocycles. The van der Waals surface area contributed by atoms with E-state index in [9.17, 15) is 14.7 Å². The predicted octanol–water partition coefficient (Wildman–Crippen LogP) is 8.25. The van der Waals surface area contributed by atoms with Crippen molar-refractivity contribution in [3.05, 3.63) is 191 Å². The van der Waals surface area contributed by atoms with Crippen LogP contribution in [-0.2, 0) is 33.5 Å². The molecule has 2 aliphatic carbocycles. The number of hydrogen-bond acceptors (Lipinski definition) is 6. The van der Waals surface area contributed by atoms with Crippen molar-refractivity contribution in [3.63, 3.8) is 0 Å². The number of amides is 1. The summed E-state index contributed by atoms with van der Waals surface area (Å²) >= 11 is 0. The molecule has 2 unspecified atom stereocenters. The van der Waals surface area contributed by atoms with Crippen LogP contribution in [0.5, 0.6) is 0 Å². The number of nitrogens with one attached hydrogen (secondary N) is 3. The Morgan fingerprint density at radius 2 is 1.03 bits per heavy atom. The van der Waals surface area contributed by atoms with E-state index in [4.69, 9.17) is 0 Å². The van der Waals surface area contributed by atoms with Gasteiger partial charge in [-0.05, 0) is 176 Å². The van der Waals surface area contributed by atoms with Crippen molar-refractivity contribution >= 4 is 61.2 Å². The predicted molar refractivity (Wildman–Crippen MR) is 279 cm³/mol. The van der Waals surface area contributed by atoms with E-state index in [-0.39, 0.29) is 64.6 Å². The zero-order valence-corrected chi connectivity index (χ0v) is 42.6. The number of carboxylic acids is 1. The topological polar surface area (TPSA) is 120 Å². The van der Waals surface area contributed by atoms with Crippen LogP contribution in [0.1, 0.15) is 96.6 Å². The fourth-order valence-corrected chi connectivity index (χ4v) is 13.2. The zero-order valence-electron chi connectivity index (χ0n) is 40.6. The Morgan fingerprint density at radius 3 is 1.52 bits per heavy atom. The molecule has 2 saturated heterocycles. The summed E-state index contributed by atoms with van der Waals surface area (Å²) < 4.78 is 0. The van der Waals surface area contributed by atoms with Crippen LogP contribution < -0.4 is 40.0 Å². The molecule has 10 heteroatoms. The van der Waals surface area contributed by atoms with Gasteiger partial charge in [0, 0.05) is 75.3 Å². The number of benzene rings is 6. The van der Waals surface area contributed by atoms with Gasteiger partial charge in [0.2, 0.25) is 5.91 Å². The molecule has 3 aromatic heterocycles. The summed E-state index contributed by atoms with van der Waals surface area (Å²) in [5.74, 6) is -0.516. The molecule has 2 spiro atoms. The number of piperidine rings is 2. The third-order valence-electron chi connectivity index (χ3n) is 16.6. The van der Waals surface area contributed by atoms with Crippen molar-refractivity contribution in [1.82, 2.24) is 24.8 Å². The monoisotopic (exact) mass is 946 g/mol. The molecule has 2 fully saturated rings. The van der Waals surface area contributed by atoms with Gasteiger partial charge in [0.15, 0.2) is 0 Å². The molecular formula is C61H59N6NaO3. The number of carbonyl (C=O) groups is 2. The molecule has 3 N–H and O–H groups in total. The molecule has 0 radical (unpaired) electrons. The first kappa shape index (κ1) is 47.3. The third-order valence-corrected chi connectivity index (χ3v) is 16.6. The number of hydrogen-bond donors (Lipinski definition) is 3. The van der Waals surface area contributed by atoms with Crippen molar-refractivity contribution < 1.29 is 44.3 Å². The molecule has 9 aromatic rings. The third kappa shape index (κ3) is 9.35. The van der Waals surface area contributed by atoms with Gasteiger partial charge in [-0.3, -0.25) is 19.6 Å². The van der Waals surface area contributed by atoms with E-state index in [1.54, 1.807) is 12.4 Å². The van der Waals surface area contributed by atoms with Crippen molar-refractivity contribution in [2.24, 2.45) is 0 Å². The van der Waals surface area contributed by atoms with Gasteiger partial charge in [-0.25, -0.2) is 0 Å². The van der Waals surface area contributed by atoms with Gasteiger partial charge in [-0.1, -0.05) is 97.1 Å². The molecule has 5 heterocycles. The van der Waals surface area contributed by atoms with Crippen LogP contribution in [0.4, 0.5) is 5.69 Å². The molecule has 352 valence electrons. The molecule has 9 nitrogen and oxygen atoms in total. The Morgan fingerprint density at radius 1 is 0.563 bits per heavy atom. The van der Waals surface area contributed by atoms with Gasteiger partial charge in [0.1, 0.15) is 0 Å². The Labute approximate surface area is 437 Å². The number of aromatic nitrogens is 3. The fourth-order valence-electron chi connectivity index (χ4n) is 13.2. The number of likely N-dealkylation sites (tertiary alicyclic amines) is 2. The zero-order chi connectivity index (χ0) is 47.2. The van der Waals surface area contributed by atoms with Gasteiger partial charge < -0.3 is 25.2 Å². The van der Waals surface area contributed by atoms with Crippen LogP contribution in [0.25, 0.3) is 43.6 Å². The number of H-pyrrole nitrogens is 2. The number of rotatable bonds is 9. The fraction of sp³-hybridized carbons (Fsp3) is 0.295. The van der Waals surface area contributed by atoms with Crippen molar-refractivity contribution in [3.8, 4) is 0 Å². The van der Waals surface area contributed by atoms with Crippen LogP contribution in [-0.4, -0.2) is 62.8 Å². The first-order valence-corrected chi connectivity index (χ1v) is 25.3. The number of carbonyl (C=O) groups excluding carboxylic acids is 2. The summed E-state index contributed by atoms with van der Waals surface area (Å²) in [4.78, 5) is 40.6. The molecular weight excluding hydrogens is 888 g/mol. The SMILES string of the molecule is O=C(CC1CC2(CCN(Cc3ccc4[nH]c5ccccc5c4c3)CC2)c2ccccc21)Nc1cccnc1.O=C([O-])CC1CC2(CCN(Cc3ccc4[nH]c5ccccc5c4c3)CC2)c2ccccc21.[Na+]. The Hall–Kier alpha value is -6.07. The number of carboxylic acid groups (broad SMARTS) is 1. The molecule has 13 rings (SSSR count). The second-order valence-electron chi connectivity index (χ2n) is 20.8. The maximum atomic E-state index is 12.9. The van der Waals surface area contributed by atoms with Gasteiger partial charge in [0.05, 0.1) is 11.9 Å². The van der Waals surface area contributed by atoms with Crippen LogP contribution in [0, 0.1) is 0 Å². The number of fused-ring (bicyclic) bond motifs is 10. The van der Waals surface area contributed by atoms with Crippen LogP contribution in [0.3, 0.4) is 0 Å².